The Morgan fingerprint density at radius 2 is 2.15 bits per heavy atom. The van der Waals surface area contributed by atoms with Crippen LogP contribution in [-0.4, -0.2) is 61.0 Å². The number of likely N-dealkylation sites (N-methyl/N-ethyl adjacent to an activating group) is 1. The van der Waals surface area contributed by atoms with Gasteiger partial charge in [-0.3, -0.25) is 14.6 Å². The van der Waals surface area contributed by atoms with Gasteiger partial charge in [0.05, 0.1) is 0 Å². The van der Waals surface area contributed by atoms with Gasteiger partial charge in [-0.05, 0) is 40.2 Å². The van der Waals surface area contributed by atoms with E-state index in [4.69, 9.17) is 0 Å². The molecule has 4 nitrogen and oxygen atoms in total. The molecule has 0 aliphatic carbocycles. The van der Waals surface area contributed by atoms with Gasteiger partial charge in [0.1, 0.15) is 0 Å². The average molecular weight is 279 g/mol. The molecule has 4 heteroatoms. The largest absolute Gasteiger partial charge is 0.356 e. The molecule has 0 aromatic carbocycles. The maximum Gasteiger partial charge on any atom is 0.220 e. The number of piperazine rings is 1. The molecular formula is C16H29N3O. The van der Waals surface area contributed by atoms with Crippen LogP contribution in [0.2, 0.25) is 0 Å². The lowest BCUT2D eigenvalue weighted by Crippen LogP contribution is -2.61. The number of allylic oxidation sites excluding steroid dienone is 1. The van der Waals surface area contributed by atoms with E-state index < -0.39 is 0 Å². The number of amides is 1. The lowest BCUT2D eigenvalue weighted by atomic mass is 9.86. The summed E-state index contributed by atoms with van der Waals surface area (Å²) in [4.78, 5) is 16.7. The summed E-state index contributed by atoms with van der Waals surface area (Å²) in [6, 6.07) is 0. The van der Waals surface area contributed by atoms with Gasteiger partial charge in [0.25, 0.3) is 0 Å². The molecule has 2 saturated heterocycles. The molecule has 2 fully saturated rings. The molecule has 0 aromatic rings. The normalized spacial score (nSPS) is 29.1. The predicted octanol–water partition coefficient (Wildman–Crippen LogP) is 1.63. The highest BCUT2D eigenvalue weighted by atomic mass is 16.1. The number of hydrogen-bond donors (Lipinski definition) is 1. The topological polar surface area (TPSA) is 35.6 Å². The van der Waals surface area contributed by atoms with Crippen LogP contribution in [0.25, 0.3) is 0 Å². The van der Waals surface area contributed by atoms with Crippen molar-refractivity contribution in [2.75, 3.05) is 39.8 Å². The van der Waals surface area contributed by atoms with Crippen molar-refractivity contribution in [1.82, 2.24) is 15.1 Å². The molecule has 1 N–H and O–H groups in total. The molecule has 0 aromatic heterocycles. The van der Waals surface area contributed by atoms with E-state index in [2.05, 4.69) is 42.1 Å². The van der Waals surface area contributed by atoms with Crippen LogP contribution in [0.5, 0.6) is 0 Å². The molecule has 1 amide bonds. The summed E-state index contributed by atoms with van der Waals surface area (Å²) in [7, 11) is 2.23. The second-order valence-corrected chi connectivity index (χ2v) is 6.59. The van der Waals surface area contributed by atoms with Gasteiger partial charge in [0.2, 0.25) is 5.91 Å². The minimum absolute atomic E-state index is 0.197. The van der Waals surface area contributed by atoms with E-state index in [1.54, 1.807) is 0 Å². The fraction of sp³-hybridized carbons (Fsp3) is 0.812. The Morgan fingerprint density at radius 3 is 2.90 bits per heavy atom. The van der Waals surface area contributed by atoms with Crippen molar-refractivity contribution in [3.8, 4) is 0 Å². The van der Waals surface area contributed by atoms with E-state index in [0.717, 1.165) is 52.0 Å². The van der Waals surface area contributed by atoms with Crippen LogP contribution < -0.4 is 5.32 Å². The summed E-state index contributed by atoms with van der Waals surface area (Å²) in [6.07, 6.45) is 6.21. The van der Waals surface area contributed by atoms with Crippen molar-refractivity contribution in [3.05, 3.63) is 11.6 Å². The van der Waals surface area contributed by atoms with Gasteiger partial charge >= 0.3 is 0 Å². The maximum absolute atomic E-state index is 11.6. The predicted molar refractivity (Wildman–Crippen MR) is 82.7 cm³/mol. The minimum Gasteiger partial charge on any atom is -0.356 e. The van der Waals surface area contributed by atoms with E-state index in [9.17, 15) is 4.79 Å². The van der Waals surface area contributed by atoms with E-state index >= 15 is 0 Å². The summed E-state index contributed by atoms with van der Waals surface area (Å²) < 4.78 is 0. The Bertz CT molecular complexity index is 376. The molecule has 20 heavy (non-hydrogen) atoms. The van der Waals surface area contributed by atoms with Gasteiger partial charge in [0.15, 0.2) is 0 Å². The average Bonchev–Trinajstić information content (AvgIpc) is 2.57. The van der Waals surface area contributed by atoms with E-state index in [-0.39, 0.29) is 11.4 Å². The number of nitrogens with one attached hydrogen (secondary N) is 1. The Balaban J connectivity index is 1.96. The molecule has 2 aliphatic rings. The summed E-state index contributed by atoms with van der Waals surface area (Å²) in [5.74, 6) is 0.219. The highest BCUT2D eigenvalue weighted by Crippen LogP contribution is 2.30. The van der Waals surface area contributed by atoms with Crippen molar-refractivity contribution < 1.29 is 4.79 Å². The Hall–Kier alpha value is -0.870. The second kappa shape index (κ2) is 6.72. The lowest BCUT2D eigenvalue weighted by molar-refractivity contribution is -0.121. The molecule has 114 valence electrons. The first-order valence-corrected chi connectivity index (χ1v) is 7.85. The lowest BCUT2D eigenvalue weighted by Gasteiger charge is -2.49. The standard InChI is InChI=1S/C16H29N3O/c1-14(2)5-4-10-19-12-11-18(3)16(13-19)7-6-15(20)17-9-8-16/h5H,4,6-13H2,1-3H3,(H,17,20). The van der Waals surface area contributed by atoms with Gasteiger partial charge in [-0.2, -0.15) is 0 Å². The molecule has 2 heterocycles. The Morgan fingerprint density at radius 1 is 1.35 bits per heavy atom. The van der Waals surface area contributed by atoms with Crippen LogP contribution in [-0.2, 0) is 4.79 Å². The van der Waals surface area contributed by atoms with Crippen molar-refractivity contribution in [3.63, 3.8) is 0 Å². The molecule has 0 saturated carbocycles. The maximum atomic E-state index is 11.6. The zero-order chi connectivity index (χ0) is 14.6. The third-order valence-electron chi connectivity index (χ3n) is 4.81. The molecule has 0 bridgehead atoms. The number of hydrogen-bond acceptors (Lipinski definition) is 3. The monoisotopic (exact) mass is 279 g/mol. The fourth-order valence-electron chi connectivity index (χ4n) is 3.41. The van der Waals surface area contributed by atoms with Crippen molar-refractivity contribution in [2.45, 2.75) is 45.1 Å². The second-order valence-electron chi connectivity index (χ2n) is 6.59. The molecule has 2 aliphatic heterocycles. The first kappa shape index (κ1) is 15.5. The van der Waals surface area contributed by atoms with Gasteiger partial charge in [-0.15, -0.1) is 0 Å². The van der Waals surface area contributed by atoms with Crippen molar-refractivity contribution >= 4 is 5.91 Å². The van der Waals surface area contributed by atoms with E-state index in [1.807, 2.05) is 0 Å². The van der Waals surface area contributed by atoms with Crippen LogP contribution >= 0.6 is 0 Å². The zero-order valence-electron chi connectivity index (χ0n) is 13.2. The van der Waals surface area contributed by atoms with Crippen molar-refractivity contribution in [2.24, 2.45) is 0 Å². The number of carbonyl (C=O) groups excluding carboxylic acids is 1. The van der Waals surface area contributed by atoms with E-state index in [0.29, 0.717) is 6.42 Å². The van der Waals surface area contributed by atoms with Crippen LogP contribution in [0.4, 0.5) is 0 Å². The van der Waals surface area contributed by atoms with Crippen molar-refractivity contribution in [1.29, 1.82) is 0 Å². The SMILES string of the molecule is CC(C)=CCCN1CCN(C)C2(CCNC(=O)CC2)C1. The number of nitrogens with zero attached hydrogens (tertiary/aromatic N) is 2. The molecule has 0 radical (unpaired) electrons. The van der Waals surface area contributed by atoms with Gasteiger partial charge in [0, 0.05) is 44.7 Å². The van der Waals surface area contributed by atoms with Crippen LogP contribution in [0.15, 0.2) is 11.6 Å². The fourth-order valence-corrected chi connectivity index (χ4v) is 3.41. The van der Waals surface area contributed by atoms with Crippen LogP contribution in [0.1, 0.15) is 39.5 Å². The highest BCUT2D eigenvalue weighted by molar-refractivity contribution is 5.76. The summed E-state index contributed by atoms with van der Waals surface area (Å²) in [5.41, 5.74) is 1.60. The molecule has 1 spiro atoms. The third-order valence-corrected chi connectivity index (χ3v) is 4.81. The highest BCUT2D eigenvalue weighted by Gasteiger charge is 2.40. The van der Waals surface area contributed by atoms with Crippen LogP contribution in [0, 0.1) is 0 Å². The third kappa shape index (κ3) is 3.83. The first-order valence-electron chi connectivity index (χ1n) is 7.85. The summed E-state index contributed by atoms with van der Waals surface area (Å²) >= 11 is 0. The minimum atomic E-state index is 0.197. The number of rotatable bonds is 3. The summed E-state index contributed by atoms with van der Waals surface area (Å²) in [6.45, 7) is 9.66. The van der Waals surface area contributed by atoms with Gasteiger partial charge in [-0.25, -0.2) is 0 Å². The quantitative estimate of drug-likeness (QED) is 0.798. The number of carbonyl (C=O) groups is 1. The Kier molecular flexibility index (Phi) is 5.22. The zero-order valence-corrected chi connectivity index (χ0v) is 13.2. The molecule has 2 rings (SSSR count). The first-order chi connectivity index (χ1) is 9.52. The molecule has 1 atom stereocenters. The Labute approximate surface area is 123 Å². The smallest absolute Gasteiger partial charge is 0.220 e. The molecular weight excluding hydrogens is 250 g/mol. The van der Waals surface area contributed by atoms with Gasteiger partial charge in [-0.1, -0.05) is 11.6 Å². The molecule has 1 unspecified atom stereocenters. The summed E-state index contributed by atoms with van der Waals surface area (Å²) in [5, 5.41) is 3.02. The van der Waals surface area contributed by atoms with Gasteiger partial charge < -0.3 is 5.32 Å². The van der Waals surface area contributed by atoms with Crippen LogP contribution in [0.3, 0.4) is 0 Å². The van der Waals surface area contributed by atoms with E-state index in [1.165, 1.54) is 5.57 Å².